The summed E-state index contributed by atoms with van der Waals surface area (Å²) in [5.74, 6) is 4.84. The van der Waals surface area contributed by atoms with Crippen molar-refractivity contribution in [3.05, 3.63) is 0 Å². The van der Waals surface area contributed by atoms with E-state index >= 15 is 0 Å². The smallest absolute Gasteiger partial charge is 0.217 e. The van der Waals surface area contributed by atoms with Gasteiger partial charge in [0.25, 0.3) is 0 Å². The molecule has 1 N–H and O–H groups in total. The average molecular weight is 332 g/mol. The molecule has 136 valence electrons. The molecule has 2 nitrogen and oxygen atoms in total. The van der Waals surface area contributed by atoms with Gasteiger partial charge in [0, 0.05) is 13.0 Å². The Labute approximate surface area is 148 Å². The van der Waals surface area contributed by atoms with Crippen molar-refractivity contribution in [3.63, 3.8) is 0 Å². The zero-order chi connectivity index (χ0) is 17.1. The SMILES string of the molecule is CC(=O)NC1CCC2C3CCC4CC(C)CCC4(C)C3CCC12C. The van der Waals surface area contributed by atoms with Crippen molar-refractivity contribution in [3.8, 4) is 0 Å². The summed E-state index contributed by atoms with van der Waals surface area (Å²) >= 11 is 0. The minimum absolute atomic E-state index is 0.168. The van der Waals surface area contributed by atoms with E-state index in [1.165, 1.54) is 57.8 Å². The average Bonchev–Trinajstić information content (AvgIpc) is 2.84. The molecule has 0 aromatic rings. The van der Waals surface area contributed by atoms with Crippen LogP contribution in [0.15, 0.2) is 0 Å². The monoisotopic (exact) mass is 331 g/mol. The molecule has 1 amide bonds. The molecule has 4 saturated carbocycles. The van der Waals surface area contributed by atoms with E-state index in [0.29, 0.717) is 16.9 Å². The summed E-state index contributed by atoms with van der Waals surface area (Å²) in [5, 5.41) is 3.31. The molecule has 8 atom stereocenters. The maximum atomic E-state index is 11.7. The Balaban J connectivity index is 1.57. The van der Waals surface area contributed by atoms with Crippen LogP contribution in [-0.2, 0) is 4.79 Å². The van der Waals surface area contributed by atoms with Gasteiger partial charge in [-0.15, -0.1) is 0 Å². The van der Waals surface area contributed by atoms with Crippen LogP contribution < -0.4 is 5.32 Å². The molecule has 24 heavy (non-hydrogen) atoms. The molecule has 0 aliphatic heterocycles. The Hall–Kier alpha value is -0.530. The molecule has 4 aliphatic carbocycles. The summed E-state index contributed by atoms with van der Waals surface area (Å²) in [4.78, 5) is 11.7. The Morgan fingerprint density at radius 3 is 2.38 bits per heavy atom. The summed E-state index contributed by atoms with van der Waals surface area (Å²) < 4.78 is 0. The molecular formula is C22H37NO. The molecule has 0 aromatic carbocycles. The maximum Gasteiger partial charge on any atom is 0.217 e. The third-order valence-corrected chi connectivity index (χ3v) is 9.31. The Kier molecular flexibility index (Phi) is 4.05. The number of hydrogen-bond donors (Lipinski definition) is 1. The molecule has 0 spiro atoms. The highest BCUT2D eigenvalue weighted by atomic mass is 16.1. The lowest BCUT2D eigenvalue weighted by Gasteiger charge is -2.61. The summed E-state index contributed by atoms with van der Waals surface area (Å²) in [6.45, 7) is 9.32. The zero-order valence-electron chi connectivity index (χ0n) is 16.2. The molecule has 2 heteroatoms. The van der Waals surface area contributed by atoms with Crippen LogP contribution in [0.5, 0.6) is 0 Å². The van der Waals surface area contributed by atoms with E-state index < -0.39 is 0 Å². The van der Waals surface area contributed by atoms with Crippen LogP contribution in [0, 0.1) is 40.4 Å². The second-order valence-corrected chi connectivity index (χ2v) is 10.4. The lowest BCUT2D eigenvalue weighted by Crippen LogP contribution is -2.55. The zero-order valence-corrected chi connectivity index (χ0v) is 16.2. The van der Waals surface area contributed by atoms with Crippen molar-refractivity contribution >= 4 is 5.91 Å². The molecule has 4 fully saturated rings. The Bertz CT molecular complexity index is 516. The van der Waals surface area contributed by atoms with E-state index in [9.17, 15) is 4.79 Å². The molecule has 4 rings (SSSR count). The van der Waals surface area contributed by atoms with Crippen LogP contribution in [0.4, 0.5) is 0 Å². The Morgan fingerprint density at radius 2 is 1.62 bits per heavy atom. The number of carbonyl (C=O) groups is 1. The third-order valence-electron chi connectivity index (χ3n) is 9.31. The van der Waals surface area contributed by atoms with Gasteiger partial charge < -0.3 is 5.32 Å². The molecule has 0 radical (unpaired) electrons. The van der Waals surface area contributed by atoms with Crippen molar-refractivity contribution < 1.29 is 4.79 Å². The van der Waals surface area contributed by atoms with Crippen molar-refractivity contribution in [2.75, 3.05) is 0 Å². The molecule has 0 bridgehead atoms. The van der Waals surface area contributed by atoms with E-state index in [2.05, 4.69) is 26.1 Å². The molecule has 4 aliphatic rings. The fourth-order valence-corrected chi connectivity index (χ4v) is 7.96. The predicted octanol–water partition coefficient (Wildman–Crippen LogP) is 5.17. The molecule has 0 saturated heterocycles. The fourth-order valence-electron chi connectivity index (χ4n) is 7.96. The minimum Gasteiger partial charge on any atom is -0.353 e. The van der Waals surface area contributed by atoms with Crippen molar-refractivity contribution in [1.82, 2.24) is 5.32 Å². The number of amides is 1. The van der Waals surface area contributed by atoms with Gasteiger partial charge in [-0.25, -0.2) is 0 Å². The topological polar surface area (TPSA) is 29.1 Å². The van der Waals surface area contributed by atoms with Crippen LogP contribution in [0.2, 0.25) is 0 Å². The van der Waals surface area contributed by atoms with Gasteiger partial charge in [0.2, 0.25) is 5.91 Å². The summed E-state index contributed by atoms with van der Waals surface area (Å²) in [5.41, 5.74) is 0.973. The molecular weight excluding hydrogens is 294 g/mol. The van der Waals surface area contributed by atoms with E-state index in [1.807, 2.05) is 0 Å². The first-order valence-corrected chi connectivity index (χ1v) is 10.6. The van der Waals surface area contributed by atoms with E-state index in [1.54, 1.807) is 6.92 Å². The first kappa shape index (κ1) is 16.9. The third kappa shape index (κ3) is 2.38. The number of carbonyl (C=O) groups excluding carboxylic acids is 1. The number of rotatable bonds is 1. The quantitative estimate of drug-likeness (QED) is 0.705. The molecule has 0 heterocycles. The molecule has 0 aromatic heterocycles. The van der Waals surface area contributed by atoms with Gasteiger partial charge in [-0.05, 0) is 91.8 Å². The van der Waals surface area contributed by atoms with Crippen LogP contribution in [0.25, 0.3) is 0 Å². The fraction of sp³-hybridized carbons (Fsp3) is 0.955. The van der Waals surface area contributed by atoms with Crippen molar-refractivity contribution in [1.29, 1.82) is 0 Å². The van der Waals surface area contributed by atoms with Gasteiger partial charge in [-0.2, -0.15) is 0 Å². The number of fused-ring (bicyclic) bond motifs is 5. The van der Waals surface area contributed by atoms with E-state index in [4.69, 9.17) is 0 Å². The summed E-state index contributed by atoms with van der Waals surface area (Å²) in [6.07, 6.45) is 12.6. The van der Waals surface area contributed by atoms with Gasteiger partial charge in [-0.3, -0.25) is 4.79 Å². The highest BCUT2D eigenvalue weighted by Crippen LogP contribution is 2.66. The summed E-state index contributed by atoms with van der Waals surface area (Å²) in [7, 11) is 0. The van der Waals surface area contributed by atoms with Crippen LogP contribution in [0.3, 0.4) is 0 Å². The number of hydrogen-bond acceptors (Lipinski definition) is 1. The van der Waals surface area contributed by atoms with Crippen LogP contribution in [0.1, 0.15) is 85.5 Å². The predicted molar refractivity (Wildman–Crippen MR) is 98.5 cm³/mol. The first-order chi connectivity index (χ1) is 11.3. The van der Waals surface area contributed by atoms with Gasteiger partial charge in [0.05, 0.1) is 0 Å². The minimum atomic E-state index is 0.168. The van der Waals surface area contributed by atoms with Gasteiger partial charge in [-0.1, -0.05) is 27.2 Å². The second-order valence-electron chi connectivity index (χ2n) is 10.4. The van der Waals surface area contributed by atoms with Gasteiger partial charge in [0.1, 0.15) is 0 Å². The highest BCUT2D eigenvalue weighted by Gasteiger charge is 2.60. The Morgan fingerprint density at radius 1 is 0.917 bits per heavy atom. The van der Waals surface area contributed by atoms with Crippen molar-refractivity contribution in [2.45, 2.75) is 91.5 Å². The van der Waals surface area contributed by atoms with Crippen LogP contribution >= 0.6 is 0 Å². The highest BCUT2D eigenvalue weighted by molar-refractivity contribution is 5.73. The number of nitrogens with one attached hydrogen (secondary N) is 1. The lowest BCUT2D eigenvalue weighted by molar-refractivity contribution is -0.125. The molecule has 8 unspecified atom stereocenters. The first-order valence-electron chi connectivity index (χ1n) is 10.6. The van der Waals surface area contributed by atoms with Crippen LogP contribution in [-0.4, -0.2) is 11.9 Å². The summed E-state index contributed by atoms with van der Waals surface area (Å²) in [6, 6.07) is 0.429. The standard InChI is InChI=1S/C22H37NO/c1-14-9-11-21(3)16(13-14)5-6-17-18-7-8-20(23-15(2)24)22(18,4)12-10-19(17)21/h14,16-20H,5-13H2,1-4H3,(H,23,24). The largest absolute Gasteiger partial charge is 0.353 e. The maximum absolute atomic E-state index is 11.7. The normalized spacial score (nSPS) is 53.7. The van der Waals surface area contributed by atoms with E-state index in [0.717, 1.165) is 29.6 Å². The van der Waals surface area contributed by atoms with E-state index in [-0.39, 0.29) is 5.91 Å². The lowest BCUT2D eigenvalue weighted by atomic mass is 9.44. The second kappa shape index (κ2) is 5.74. The van der Waals surface area contributed by atoms with Gasteiger partial charge >= 0.3 is 0 Å². The van der Waals surface area contributed by atoms with Gasteiger partial charge in [0.15, 0.2) is 0 Å². The van der Waals surface area contributed by atoms with Crippen molar-refractivity contribution in [2.24, 2.45) is 40.4 Å².